The van der Waals surface area contributed by atoms with E-state index in [1.54, 1.807) is 12.5 Å². The molecular weight excluding hydrogens is 278 g/mol. The van der Waals surface area contributed by atoms with Crippen LogP contribution in [-0.2, 0) is 23.1 Å². The molecule has 112 valence electrons. The summed E-state index contributed by atoms with van der Waals surface area (Å²) in [5.74, 6) is 0.314. The van der Waals surface area contributed by atoms with Gasteiger partial charge in [0.25, 0.3) is 0 Å². The molecule has 0 radical (unpaired) electrons. The van der Waals surface area contributed by atoms with Crippen LogP contribution in [0, 0.1) is 0 Å². The molecule has 0 saturated carbocycles. The minimum absolute atomic E-state index is 0.0954. The molecule has 1 atom stereocenters. The lowest BCUT2D eigenvalue weighted by atomic mass is 10.1. The van der Waals surface area contributed by atoms with Crippen LogP contribution in [0.4, 0.5) is 0 Å². The summed E-state index contributed by atoms with van der Waals surface area (Å²) in [6.45, 7) is 0.681. The van der Waals surface area contributed by atoms with E-state index < -0.39 is 6.04 Å². The zero-order valence-electron chi connectivity index (χ0n) is 11.5. The predicted octanol–water partition coefficient (Wildman–Crippen LogP) is -0.985. The number of imidazole rings is 1. The van der Waals surface area contributed by atoms with Crippen LogP contribution in [-0.4, -0.2) is 45.5 Å². The highest BCUT2D eigenvalue weighted by Crippen LogP contribution is 2.10. The number of hydrogen-bond donors (Lipinski definition) is 3. The molecule has 1 heterocycles. The van der Waals surface area contributed by atoms with Gasteiger partial charge in [0.05, 0.1) is 6.33 Å². The van der Waals surface area contributed by atoms with Crippen molar-refractivity contribution in [3.8, 4) is 0 Å². The first-order chi connectivity index (χ1) is 9.58. The maximum absolute atomic E-state index is 12.1. The van der Waals surface area contributed by atoms with Gasteiger partial charge in [0, 0.05) is 50.6 Å². The van der Waals surface area contributed by atoms with Crippen LogP contribution in [0.2, 0.25) is 0 Å². The fourth-order valence-electron chi connectivity index (χ4n) is 1.64. The van der Waals surface area contributed by atoms with Crippen LogP contribution in [0.1, 0.15) is 12.1 Å². The summed E-state index contributed by atoms with van der Waals surface area (Å²) in [7, 11) is 1.85. The van der Waals surface area contributed by atoms with E-state index in [0.717, 1.165) is 17.5 Å². The van der Waals surface area contributed by atoms with E-state index in [0.29, 0.717) is 18.7 Å². The molecule has 5 N–H and O–H groups in total. The van der Waals surface area contributed by atoms with Gasteiger partial charge in [-0.3, -0.25) is 9.59 Å². The van der Waals surface area contributed by atoms with Gasteiger partial charge in [0.1, 0.15) is 6.04 Å². The Labute approximate surface area is 122 Å². The monoisotopic (exact) mass is 299 g/mol. The maximum atomic E-state index is 12.1. The summed E-state index contributed by atoms with van der Waals surface area (Å²) in [5, 5.41) is 2.63. The molecule has 0 bridgehead atoms. The third kappa shape index (κ3) is 5.32. The number of nitrogens with zero attached hydrogens (tertiary/aromatic N) is 2. The van der Waals surface area contributed by atoms with Gasteiger partial charge in [-0.2, -0.15) is 0 Å². The number of rotatable bonds is 8. The first-order valence-corrected chi connectivity index (χ1v) is 7.38. The molecule has 0 fully saturated rings. The lowest BCUT2D eigenvalue weighted by molar-refractivity contribution is -0.124. The van der Waals surface area contributed by atoms with Crippen LogP contribution in [0.5, 0.6) is 0 Å². The topological polar surface area (TPSA) is 116 Å². The van der Waals surface area contributed by atoms with Gasteiger partial charge < -0.3 is 21.4 Å². The van der Waals surface area contributed by atoms with Gasteiger partial charge in [-0.1, -0.05) is 11.8 Å². The third-order valence-electron chi connectivity index (χ3n) is 2.68. The van der Waals surface area contributed by atoms with Crippen LogP contribution in [0.25, 0.3) is 0 Å². The van der Waals surface area contributed by atoms with E-state index >= 15 is 0 Å². The molecule has 0 spiro atoms. The maximum Gasteiger partial charge on any atom is 0.221 e. The van der Waals surface area contributed by atoms with Crippen LogP contribution >= 0.6 is 11.8 Å². The minimum atomic E-state index is -0.582. The highest BCUT2D eigenvalue weighted by Gasteiger charge is 2.22. The molecule has 20 heavy (non-hydrogen) atoms. The number of aryl methyl sites for hydroxylation is 1. The van der Waals surface area contributed by atoms with Crippen LogP contribution in [0.15, 0.2) is 12.5 Å². The second-order valence-electron chi connectivity index (χ2n) is 4.31. The molecule has 7 nitrogen and oxygen atoms in total. The quantitative estimate of drug-likeness (QED) is 0.568. The number of carbonyl (C=O) groups is 2. The fourth-order valence-corrected chi connectivity index (χ4v) is 2.30. The molecule has 0 aromatic carbocycles. The third-order valence-corrected chi connectivity index (χ3v) is 3.69. The molecule has 1 amide bonds. The van der Waals surface area contributed by atoms with Gasteiger partial charge in [0.15, 0.2) is 0 Å². The molecule has 0 aliphatic carbocycles. The average molecular weight is 299 g/mol. The van der Waals surface area contributed by atoms with E-state index in [4.69, 9.17) is 11.5 Å². The normalized spacial score (nSPS) is 12.2. The highest BCUT2D eigenvalue weighted by atomic mass is 32.2. The average Bonchev–Trinajstić information content (AvgIpc) is 2.81. The van der Waals surface area contributed by atoms with Crippen molar-refractivity contribution in [2.24, 2.45) is 18.5 Å². The molecule has 0 aliphatic rings. The van der Waals surface area contributed by atoms with E-state index in [1.165, 1.54) is 0 Å². The Hall–Kier alpha value is -1.38. The summed E-state index contributed by atoms with van der Waals surface area (Å²) in [5.41, 5.74) is 11.6. The summed E-state index contributed by atoms with van der Waals surface area (Å²) in [6.07, 6.45) is 3.95. The lowest BCUT2D eigenvalue weighted by Gasteiger charge is -2.17. The van der Waals surface area contributed by atoms with Crippen molar-refractivity contribution in [2.45, 2.75) is 18.9 Å². The first kappa shape index (κ1) is 16.7. The van der Waals surface area contributed by atoms with Crippen LogP contribution < -0.4 is 16.8 Å². The summed E-state index contributed by atoms with van der Waals surface area (Å²) >= 11 is 1.13. The number of nitrogens with two attached hydrogens (primary N) is 2. The second kappa shape index (κ2) is 8.72. The first-order valence-electron chi connectivity index (χ1n) is 6.39. The standard InChI is InChI=1S/C12H21N5O2S/c1-17-8-15-7-9(17)6-10(12(19)20-5-4-14)16-11(18)2-3-13/h7-8,10H,2-6,13-14H2,1H3,(H,16,18). The lowest BCUT2D eigenvalue weighted by Crippen LogP contribution is -2.42. The summed E-state index contributed by atoms with van der Waals surface area (Å²) in [4.78, 5) is 27.8. The van der Waals surface area contributed by atoms with Gasteiger partial charge in [-0.05, 0) is 0 Å². The van der Waals surface area contributed by atoms with E-state index in [2.05, 4.69) is 10.3 Å². The number of aromatic nitrogens is 2. The molecule has 1 unspecified atom stereocenters. The van der Waals surface area contributed by atoms with Crippen LogP contribution in [0.3, 0.4) is 0 Å². The number of thioether (sulfide) groups is 1. The Balaban J connectivity index is 2.70. The molecular formula is C12H21N5O2S. The SMILES string of the molecule is Cn1cncc1CC(NC(=O)CCN)C(=O)SCCN. The Morgan fingerprint density at radius 1 is 1.45 bits per heavy atom. The predicted molar refractivity (Wildman–Crippen MR) is 79.0 cm³/mol. The van der Waals surface area contributed by atoms with Gasteiger partial charge >= 0.3 is 0 Å². The van der Waals surface area contributed by atoms with Crippen molar-refractivity contribution >= 4 is 22.8 Å². The molecule has 0 aliphatic heterocycles. The van der Waals surface area contributed by atoms with E-state index in [-0.39, 0.29) is 24.0 Å². The largest absolute Gasteiger partial charge is 0.345 e. The molecule has 1 aromatic rings. The number of amides is 1. The van der Waals surface area contributed by atoms with Gasteiger partial charge in [0.2, 0.25) is 11.0 Å². The van der Waals surface area contributed by atoms with Crippen molar-refractivity contribution in [3.63, 3.8) is 0 Å². The number of hydrogen-bond acceptors (Lipinski definition) is 6. The van der Waals surface area contributed by atoms with Crippen molar-refractivity contribution in [1.29, 1.82) is 0 Å². The summed E-state index contributed by atoms with van der Waals surface area (Å²) in [6, 6.07) is -0.582. The number of carbonyl (C=O) groups excluding carboxylic acids is 2. The Morgan fingerprint density at radius 3 is 2.75 bits per heavy atom. The smallest absolute Gasteiger partial charge is 0.221 e. The van der Waals surface area contributed by atoms with E-state index in [9.17, 15) is 9.59 Å². The Bertz CT molecular complexity index is 449. The summed E-state index contributed by atoms with van der Waals surface area (Å²) < 4.78 is 1.82. The van der Waals surface area contributed by atoms with Gasteiger partial charge in [-0.15, -0.1) is 0 Å². The van der Waals surface area contributed by atoms with E-state index in [1.807, 2.05) is 11.6 Å². The van der Waals surface area contributed by atoms with Crippen molar-refractivity contribution in [1.82, 2.24) is 14.9 Å². The van der Waals surface area contributed by atoms with Crippen molar-refractivity contribution < 1.29 is 9.59 Å². The molecule has 8 heteroatoms. The highest BCUT2D eigenvalue weighted by molar-refractivity contribution is 8.13. The fraction of sp³-hybridized carbons (Fsp3) is 0.583. The Kier molecular flexibility index (Phi) is 7.27. The second-order valence-corrected chi connectivity index (χ2v) is 5.41. The molecule has 1 rings (SSSR count). The Morgan fingerprint density at radius 2 is 2.20 bits per heavy atom. The molecule has 0 saturated heterocycles. The zero-order valence-corrected chi connectivity index (χ0v) is 12.4. The zero-order chi connectivity index (χ0) is 15.0. The minimum Gasteiger partial charge on any atom is -0.345 e. The van der Waals surface area contributed by atoms with Crippen molar-refractivity contribution in [3.05, 3.63) is 18.2 Å². The van der Waals surface area contributed by atoms with Crippen molar-refractivity contribution in [2.75, 3.05) is 18.8 Å². The molecule has 1 aromatic heterocycles. The van der Waals surface area contributed by atoms with Gasteiger partial charge in [-0.25, -0.2) is 4.98 Å². The number of nitrogens with one attached hydrogen (secondary N) is 1.